The van der Waals surface area contributed by atoms with Gasteiger partial charge in [-0.05, 0) is 5.92 Å². The van der Waals surface area contributed by atoms with Crippen LogP contribution in [0.2, 0.25) is 10.3 Å². The van der Waals surface area contributed by atoms with E-state index < -0.39 is 23.8 Å². The lowest BCUT2D eigenvalue weighted by molar-refractivity contribution is -0.0756. The number of amides is 1. The highest BCUT2D eigenvalue weighted by atomic mass is 35.5. The number of hydrogen-bond acceptors (Lipinski definition) is 7. The molecule has 0 aliphatic heterocycles. The summed E-state index contributed by atoms with van der Waals surface area (Å²) in [5, 5.41) is 10.9. The Hall–Kier alpha value is -2.18. The maximum absolute atomic E-state index is 13.2. The lowest BCUT2D eigenvalue weighted by atomic mass is 10.1. The molecule has 1 amide bonds. The third kappa shape index (κ3) is 4.11. The van der Waals surface area contributed by atoms with Gasteiger partial charge in [-0.1, -0.05) is 37.0 Å². The zero-order chi connectivity index (χ0) is 23.9. The van der Waals surface area contributed by atoms with E-state index in [1.54, 1.807) is 0 Å². The number of aromatic nitrogens is 4. The van der Waals surface area contributed by atoms with Gasteiger partial charge in [0.05, 0.1) is 24.6 Å². The average molecular weight is 504 g/mol. The van der Waals surface area contributed by atoms with E-state index in [4.69, 9.17) is 28.0 Å². The summed E-state index contributed by atoms with van der Waals surface area (Å²) < 4.78 is 3.94. The van der Waals surface area contributed by atoms with Crippen LogP contribution in [0.5, 0.6) is 0 Å². The van der Waals surface area contributed by atoms with E-state index in [1.807, 2.05) is 13.8 Å². The number of hydrogen-bond donors (Lipinski definition) is 1. The Morgan fingerprint density at radius 3 is 2.50 bits per heavy atom. The maximum atomic E-state index is 13.2. The number of halogens is 2. The van der Waals surface area contributed by atoms with Crippen molar-refractivity contribution in [1.82, 2.24) is 23.7 Å². The van der Waals surface area contributed by atoms with Gasteiger partial charge in [0.15, 0.2) is 5.15 Å². The van der Waals surface area contributed by atoms with Gasteiger partial charge in [0.2, 0.25) is 0 Å². The Bertz CT molecular complexity index is 1310. The fourth-order valence-corrected chi connectivity index (χ4v) is 5.02. The SMILES string of the molecule is CON(C)C(=O)c1c(Cn2c(CO)nc(Cl)c2Cl)sc2c1c(=O)n(C)c(=O)n2CC(C)C. The topological polar surface area (TPSA) is 112 Å². The molecule has 3 aromatic rings. The molecule has 0 aliphatic carbocycles. The van der Waals surface area contributed by atoms with Crippen molar-refractivity contribution in [3.63, 3.8) is 0 Å². The molecule has 0 saturated heterocycles. The van der Waals surface area contributed by atoms with Gasteiger partial charge in [-0.2, -0.15) is 0 Å². The van der Waals surface area contributed by atoms with Gasteiger partial charge >= 0.3 is 5.69 Å². The number of rotatable bonds is 7. The number of imidazole rings is 1. The highest BCUT2D eigenvalue weighted by molar-refractivity contribution is 7.19. The summed E-state index contributed by atoms with van der Waals surface area (Å²) in [5.74, 6) is -0.250. The molecule has 3 heterocycles. The first-order valence-corrected chi connectivity index (χ1v) is 11.2. The van der Waals surface area contributed by atoms with Gasteiger partial charge in [0, 0.05) is 25.5 Å². The molecule has 3 rings (SSSR count). The van der Waals surface area contributed by atoms with Crippen LogP contribution in [0.1, 0.15) is 34.9 Å². The molecule has 1 N–H and O–H groups in total. The van der Waals surface area contributed by atoms with Crippen LogP contribution in [-0.4, -0.2) is 48.9 Å². The summed E-state index contributed by atoms with van der Waals surface area (Å²) in [6, 6.07) is 0. The van der Waals surface area contributed by atoms with Crippen LogP contribution in [0.15, 0.2) is 9.59 Å². The second-order valence-electron chi connectivity index (χ2n) is 7.57. The van der Waals surface area contributed by atoms with Gasteiger partial charge in [-0.3, -0.25) is 23.6 Å². The molecule has 0 unspecified atom stereocenters. The number of carbonyl (C=O) groups is 1. The molecule has 32 heavy (non-hydrogen) atoms. The van der Waals surface area contributed by atoms with E-state index in [0.717, 1.165) is 21.0 Å². The summed E-state index contributed by atoms with van der Waals surface area (Å²) >= 11 is 13.4. The number of aliphatic hydroxyl groups excluding tert-OH is 1. The molecule has 13 heteroatoms. The standard InChI is InChI=1S/C19H23Cl2N5O5S/c1-9(2)6-26-18-13(16(28)23(3)19(26)30)12(17(29)24(4)31-5)10(32-18)7-25-11(8-27)22-14(20)15(25)21/h9,27H,6-8H2,1-5H3. The molecule has 174 valence electrons. The third-order valence-corrected chi connectivity index (χ3v) is 6.90. The normalized spacial score (nSPS) is 11.7. The minimum Gasteiger partial charge on any atom is -0.388 e. The molecule has 0 atom stereocenters. The van der Waals surface area contributed by atoms with Crippen molar-refractivity contribution in [3.05, 3.63) is 47.4 Å². The maximum Gasteiger partial charge on any atom is 0.331 e. The van der Waals surface area contributed by atoms with Crippen LogP contribution >= 0.6 is 34.5 Å². The van der Waals surface area contributed by atoms with Crippen LogP contribution in [0, 0.1) is 5.92 Å². The Balaban J connectivity index is 2.40. The highest BCUT2D eigenvalue weighted by Crippen LogP contribution is 2.33. The molecular formula is C19H23Cl2N5O5S. The summed E-state index contributed by atoms with van der Waals surface area (Å²) in [7, 11) is 4.13. The quantitative estimate of drug-likeness (QED) is 0.494. The molecule has 0 saturated carbocycles. The van der Waals surface area contributed by atoms with Crippen LogP contribution in [-0.2, 0) is 31.6 Å². The fraction of sp³-hybridized carbons (Fsp3) is 0.474. The van der Waals surface area contributed by atoms with Gasteiger partial charge in [0.1, 0.15) is 22.4 Å². The van der Waals surface area contributed by atoms with Crippen molar-refractivity contribution in [2.24, 2.45) is 13.0 Å². The summed E-state index contributed by atoms with van der Waals surface area (Å²) in [6.45, 7) is 3.83. The number of carbonyl (C=O) groups excluding carboxylic acids is 1. The number of fused-ring (bicyclic) bond motifs is 1. The summed E-state index contributed by atoms with van der Waals surface area (Å²) in [5.41, 5.74) is -0.961. The molecule has 3 aromatic heterocycles. The Kier molecular flexibility index (Phi) is 7.15. The number of hydroxylamine groups is 2. The minimum atomic E-state index is -0.586. The van der Waals surface area contributed by atoms with E-state index in [0.29, 0.717) is 16.3 Å². The average Bonchev–Trinajstić information content (AvgIpc) is 3.26. The lowest BCUT2D eigenvalue weighted by Crippen LogP contribution is -2.39. The number of nitrogens with zero attached hydrogens (tertiary/aromatic N) is 5. The van der Waals surface area contributed by atoms with Crippen molar-refractivity contribution < 1.29 is 14.7 Å². The Morgan fingerprint density at radius 2 is 1.94 bits per heavy atom. The second kappa shape index (κ2) is 9.36. The molecule has 0 aliphatic rings. The van der Waals surface area contributed by atoms with Crippen molar-refractivity contribution in [1.29, 1.82) is 0 Å². The second-order valence-corrected chi connectivity index (χ2v) is 9.37. The molecule has 0 aromatic carbocycles. The molecule has 0 fully saturated rings. The zero-order valence-electron chi connectivity index (χ0n) is 18.2. The largest absolute Gasteiger partial charge is 0.388 e. The first kappa shape index (κ1) is 24.5. The van der Waals surface area contributed by atoms with Gasteiger partial charge in [-0.25, -0.2) is 14.8 Å². The Morgan fingerprint density at radius 1 is 1.28 bits per heavy atom. The predicted octanol–water partition coefficient (Wildman–Crippen LogP) is 2.10. The van der Waals surface area contributed by atoms with E-state index in [9.17, 15) is 19.5 Å². The van der Waals surface area contributed by atoms with Gasteiger partial charge in [-0.15, -0.1) is 11.3 Å². The van der Waals surface area contributed by atoms with Crippen LogP contribution in [0.3, 0.4) is 0 Å². The Labute approximate surface area is 197 Å². The van der Waals surface area contributed by atoms with E-state index in [1.165, 1.54) is 30.3 Å². The third-order valence-electron chi connectivity index (χ3n) is 4.95. The molecule has 0 bridgehead atoms. The molecule has 0 radical (unpaired) electrons. The smallest absolute Gasteiger partial charge is 0.331 e. The van der Waals surface area contributed by atoms with Crippen LogP contribution < -0.4 is 11.2 Å². The molecular weight excluding hydrogens is 481 g/mol. The summed E-state index contributed by atoms with van der Waals surface area (Å²) in [6.07, 6.45) is 0. The highest BCUT2D eigenvalue weighted by Gasteiger charge is 2.29. The monoisotopic (exact) mass is 503 g/mol. The van der Waals surface area contributed by atoms with Crippen molar-refractivity contribution in [2.45, 2.75) is 33.5 Å². The summed E-state index contributed by atoms with van der Waals surface area (Å²) in [4.78, 5) is 49.1. The predicted molar refractivity (Wildman–Crippen MR) is 123 cm³/mol. The van der Waals surface area contributed by atoms with E-state index >= 15 is 0 Å². The molecule has 10 nitrogen and oxygen atoms in total. The zero-order valence-corrected chi connectivity index (χ0v) is 20.5. The van der Waals surface area contributed by atoms with E-state index in [2.05, 4.69) is 4.98 Å². The van der Waals surface area contributed by atoms with E-state index in [-0.39, 0.29) is 39.5 Å². The first-order valence-electron chi connectivity index (χ1n) is 9.62. The van der Waals surface area contributed by atoms with Crippen LogP contribution in [0.4, 0.5) is 0 Å². The van der Waals surface area contributed by atoms with Crippen LogP contribution in [0.25, 0.3) is 10.2 Å². The van der Waals surface area contributed by atoms with Gasteiger partial charge < -0.3 is 9.67 Å². The van der Waals surface area contributed by atoms with Crippen molar-refractivity contribution in [2.75, 3.05) is 14.2 Å². The van der Waals surface area contributed by atoms with Crippen molar-refractivity contribution >= 4 is 50.7 Å². The number of thiophene rings is 1. The number of aliphatic hydroxyl groups is 1. The fourth-order valence-electron chi connectivity index (χ4n) is 3.35. The lowest BCUT2D eigenvalue weighted by Gasteiger charge is -2.15. The first-order chi connectivity index (χ1) is 15.0. The minimum absolute atomic E-state index is 0.00540. The van der Waals surface area contributed by atoms with Crippen molar-refractivity contribution in [3.8, 4) is 0 Å². The van der Waals surface area contributed by atoms with Gasteiger partial charge in [0.25, 0.3) is 11.5 Å². The molecule has 0 spiro atoms.